The molecule has 2 aromatic heterocycles. The molecule has 2 heterocycles. The summed E-state index contributed by atoms with van der Waals surface area (Å²) in [5.41, 5.74) is 2.36. The van der Waals surface area contributed by atoms with Gasteiger partial charge in [-0.15, -0.1) is 0 Å². The van der Waals surface area contributed by atoms with Crippen LogP contribution in [0.3, 0.4) is 0 Å². The molecule has 0 atom stereocenters. The first kappa shape index (κ1) is 15.4. The summed E-state index contributed by atoms with van der Waals surface area (Å²) in [6.07, 6.45) is 4.23. The van der Waals surface area contributed by atoms with Crippen molar-refractivity contribution in [1.82, 2.24) is 15.3 Å². The zero-order chi connectivity index (χ0) is 15.1. The van der Waals surface area contributed by atoms with Gasteiger partial charge in [0, 0.05) is 36.1 Å². The van der Waals surface area contributed by atoms with E-state index >= 15 is 0 Å². The molecular weight excluding hydrogens is 286 g/mol. The Labute approximate surface area is 129 Å². The third kappa shape index (κ3) is 4.83. The molecule has 0 saturated heterocycles. The van der Waals surface area contributed by atoms with Gasteiger partial charge in [0.15, 0.2) is 0 Å². The molecule has 110 valence electrons. The average molecular weight is 304 g/mol. The lowest BCUT2D eigenvalue weighted by Gasteiger charge is -2.07. The molecule has 0 aliphatic heterocycles. The Morgan fingerprint density at radius 3 is 2.81 bits per heavy atom. The molecule has 5 heteroatoms. The van der Waals surface area contributed by atoms with Crippen molar-refractivity contribution in [3.8, 4) is 0 Å². The highest BCUT2D eigenvalue weighted by Crippen LogP contribution is 2.12. The normalized spacial score (nSPS) is 10.4. The fourth-order valence-electron chi connectivity index (χ4n) is 2.02. The minimum atomic E-state index is -0.132. The second kappa shape index (κ2) is 7.74. The first-order valence-electron chi connectivity index (χ1n) is 7.03. The largest absolute Gasteiger partial charge is 0.352 e. The lowest BCUT2D eigenvalue weighted by molar-refractivity contribution is 0.0954. The van der Waals surface area contributed by atoms with Crippen LogP contribution in [-0.2, 0) is 12.8 Å². The van der Waals surface area contributed by atoms with Gasteiger partial charge in [0.2, 0.25) is 0 Å². The van der Waals surface area contributed by atoms with Gasteiger partial charge in [-0.25, -0.2) is 4.98 Å². The maximum Gasteiger partial charge on any atom is 0.251 e. The highest BCUT2D eigenvalue weighted by atomic mass is 35.5. The van der Waals surface area contributed by atoms with E-state index in [1.54, 1.807) is 18.3 Å². The van der Waals surface area contributed by atoms with E-state index in [-0.39, 0.29) is 5.91 Å². The molecule has 0 saturated carbocycles. The van der Waals surface area contributed by atoms with Crippen molar-refractivity contribution in [3.05, 3.63) is 58.6 Å². The van der Waals surface area contributed by atoms with E-state index in [0.717, 1.165) is 24.2 Å². The maximum absolute atomic E-state index is 12.1. The number of aromatic nitrogens is 2. The molecule has 1 N–H and O–H groups in total. The third-order valence-electron chi connectivity index (χ3n) is 3.01. The van der Waals surface area contributed by atoms with Crippen molar-refractivity contribution in [2.45, 2.75) is 26.2 Å². The van der Waals surface area contributed by atoms with Crippen LogP contribution < -0.4 is 5.32 Å². The number of rotatable bonds is 6. The SMILES string of the molecule is CCCc1cc(C(=O)NCCc2ccccn2)cc(Cl)n1. The molecule has 0 aromatic carbocycles. The van der Waals surface area contributed by atoms with Crippen LogP contribution in [0.2, 0.25) is 5.15 Å². The van der Waals surface area contributed by atoms with E-state index in [1.165, 1.54) is 0 Å². The van der Waals surface area contributed by atoms with Crippen molar-refractivity contribution in [2.75, 3.05) is 6.54 Å². The number of halogens is 1. The summed E-state index contributed by atoms with van der Waals surface area (Å²) >= 11 is 5.96. The van der Waals surface area contributed by atoms with Crippen molar-refractivity contribution >= 4 is 17.5 Å². The molecule has 0 aliphatic rings. The quantitative estimate of drug-likeness (QED) is 0.835. The number of nitrogens with one attached hydrogen (secondary N) is 1. The first-order chi connectivity index (χ1) is 10.2. The van der Waals surface area contributed by atoms with Gasteiger partial charge in [-0.3, -0.25) is 9.78 Å². The zero-order valence-corrected chi connectivity index (χ0v) is 12.7. The Balaban J connectivity index is 1.94. The van der Waals surface area contributed by atoms with E-state index in [2.05, 4.69) is 22.2 Å². The molecule has 2 aromatic rings. The first-order valence-corrected chi connectivity index (χ1v) is 7.41. The second-order valence-corrected chi connectivity index (χ2v) is 5.13. The van der Waals surface area contributed by atoms with Crippen LogP contribution >= 0.6 is 11.6 Å². The fraction of sp³-hybridized carbons (Fsp3) is 0.312. The van der Waals surface area contributed by atoms with Crippen LogP contribution in [-0.4, -0.2) is 22.4 Å². The molecule has 0 fully saturated rings. The van der Waals surface area contributed by atoms with Crippen LogP contribution in [0.4, 0.5) is 0 Å². The number of aryl methyl sites for hydroxylation is 1. The minimum Gasteiger partial charge on any atom is -0.352 e. The molecular formula is C16H18ClN3O. The summed E-state index contributed by atoms with van der Waals surface area (Å²) in [6, 6.07) is 9.14. The topological polar surface area (TPSA) is 54.9 Å². The molecule has 1 amide bonds. The highest BCUT2D eigenvalue weighted by Gasteiger charge is 2.09. The standard InChI is InChI=1S/C16H18ClN3O/c1-2-5-14-10-12(11-15(17)20-14)16(21)19-9-7-13-6-3-4-8-18-13/h3-4,6,8,10-11H,2,5,7,9H2,1H3,(H,19,21). The van der Waals surface area contributed by atoms with E-state index < -0.39 is 0 Å². The van der Waals surface area contributed by atoms with Gasteiger partial charge in [-0.05, 0) is 30.7 Å². The van der Waals surface area contributed by atoms with Crippen LogP contribution in [0.5, 0.6) is 0 Å². The molecule has 0 radical (unpaired) electrons. The summed E-state index contributed by atoms with van der Waals surface area (Å²) in [5, 5.41) is 3.24. The molecule has 0 aliphatic carbocycles. The monoisotopic (exact) mass is 303 g/mol. The number of pyridine rings is 2. The molecule has 4 nitrogen and oxygen atoms in total. The zero-order valence-electron chi connectivity index (χ0n) is 12.0. The number of hydrogen-bond acceptors (Lipinski definition) is 3. The predicted octanol–water partition coefficient (Wildman–Crippen LogP) is 3.06. The van der Waals surface area contributed by atoms with Crippen molar-refractivity contribution in [2.24, 2.45) is 0 Å². The summed E-state index contributed by atoms with van der Waals surface area (Å²) in [7, 11) is 0. The average Bonchev–Trinajstić information content (AvgIpc) is 2.48. The van der Waals surface area contributed by atoms with Crippen molar-refractivity contribution in [3.63, 3.8) is 0 Å². The molecule has 0 unspecified atom stereocenters. The van der Waals surface area contributed by atoms with Crippen LogP contribution in [0.1, 0.15) is 35.1 Å². The summed E-state index contributed by atoms with van der Waals surface area (Å²) in [4.78, 5) is 20.6. The van der Waals surface area contributed by atoms with Gasteiger partial charge in [-0.1, -0.05) is 31.0 Å². The van der Waals surface area contributed by atoms with E-state index in [9.17, 15) is 4.79 Å². The van der Waals surface area contributed by atoms with Gasteiger partial charge >= 0.3 is 0 Å². The Bertz CT molecular complexity index is 602. The predicted molar refractivity (Wildman–Crippen MR) is 83.5 cm³/mol. The van der Waals surface area contributed by atoms with E-state index in [0.29, 0.717) is 23.7 Å². The minimum absolute atomic E-state index is 0.132. The van der Waals surface area contributed by atoms with Gasteiger partial charge in [0.25, 0.3) is 5.91 Å². The number of carbonyl (C=O) groups is 1. The number of hydrogen-bond donors (Lipinski definition) is 1. The smallest absolute Gasteiger partial charge is 0.251 e. The molecule has 0 bridgehead atoms. The van der Waals surface area contributed by atoms with E-state index in [4.69, 9.17) is 11.6 Å². The van der Waals surface area contributed by atoms with E-state index in [1.807, 2.05) is 18.2 Å². The fourth-order valence-corrected chi connectivity index (χ4v) is 2.24. The third-order valence-corrected chi connectivity index (χ3v) is 3.20. The van der Waals surface area contributed by atoms with Crippen molar-refractivity contribution in [1.29, 1.82) is 0 Å². The van der Waals surface area contributed by atoms with Crippen LogP contribution in [0.15, 0.2) is 36.5 Å². The lowest BCUT2D eigenvalue weighted by atomic mass is 10.1. The molecule has 0 spiro atoms. The molecule has 2 rings (SSSR count). The summed E-state index contributed by atoms with van der Waals surface area (Å²) in [5.74, 6) is -0.132. The highest BCUT2D eigenvalue weighted by molar-refractivity contribution is 6.29. The van der Waals surface area contributed by atoms with Crippen molar-refractivity contribution < 1.29 is 4.79 Å². The maximum atomic E-state index is 12.1. The lowest BCUT2D eigenvalue weighted by Crippen LogP contribution is -2.26. The summed E-state index contributed by atoms with van der Waals surface area (Å²) < 4.78 is 0. The summed E-state index contributed by atoms with van der Waals surface area (Å²) in [6.45, 7) is 2.61. The van der Waals surface area contributed by atoms with Crippen LogP contribution in [0.25, 0.3) is 0 Å². The molecule has 21 heavy (non-hydrogen) atoms. The van der Waals surface area contributed by atoms with Gasteiger partial charge in [-0.2, -0.15) is 0 Å². The van der Waals surface area contributed by atoms with Gasteiger partial charge in [0.1, 0.15) is 5.15 Å². The van der Waals surface area contributed by atoms with Gasteiger partial charge < -0.3 is 5.32 Å². The van der Waals surface area contributed by atoms with Gasteiger partial charge in [0.05, 0.1) is 0 Å². The number of amides is 1. The Morgan fingerprint density at radius 2 is 2.10 bits per heavy atom. The Hall–Kier alpha value is -1.94. The number of carbonyl (C=O) groups excluding carboxylic acids is 1. The number of nitrogens with zero attached hydrogens (tertiary/aromatic N) is 2. The second-order valence-electron chi connectivity index (χ2n) is 4.75. The van der Waals surface area contributed by atoms with Crippen LogP contribution in [0, 0.1) is 0 Å². The Kier molecular flexibility index (Phi) is 5.69. The Morgan fingerprint density at radius 1 is 1.24 bits per heavy atom.